The van der Waals surface area contributed by atoms with Crippen molar-refractivity contribution in [2.24, 2.45) is 0 Å². The fraction of sp³-hybridized carbons (Fsp3) is 0.320. The zero-order chi connectivity index (χ0) is 21.9. The molecule has 7 heteroatoms. The molecule has 2 amide bonds. The van der Waals surface area contributed by atoms with Gasteiger partial charge in [-0.2, -0.15) is 5.10 Å². The van der Waals surface area contributed by atoms with Gasteiger partial charge in [-0.25, -0.2) is 4.68 Å². The Balaban J connectivity index is 1.28. The molecule has 5 rings (SSSR count). The molecule has 1 atom stereocenters. The Labute approximate surface area is 187 Å². The van der Waals surface area contributed by atoms with Crippen LogP contribution in [0, 0.1) is 0 Å². The monoisotopic (exact) mass is 430 g/mol. The van der Waals surface area contributed by atoms with Crippen LogP contribution in [-0.4, -0.2) is 40.9 Å². The lowest BCUT2D eigenvalue weighted by molar-refractivity contribution is -0.119. The zero-order valence-electron chi connectivity index (χ0n) is 17.9. The number of carbonyl (C=O) groups excluding carboxylic acids is 2. The highest BCUT2D eigenvalue weighted by Crippen LogP contribution is 2.29. The van der Waals surface area contributed by atoms with Crippen molar-refractivity contribution in [3.8, 4) is 11.3 Å². The number of hydrogen-bond acceptors (Lipinski definition) is 4. The van der Waals surface area contributed by atoms with Crippen LogP contribution in [0.2, 0.25) is 0 Å². The van der Waals surface area contributed by atoms with Crippen LogP contribution in [0.1, 0.15) is 35.2 Å². The summed E-state index contributed by atoms with van der Waals surface area (Å²) in [6.45, 7) is 2.34. The predicted octanol–water partition coefficient (Wildman–Crippen LogP) is 3.40. The van der Waals surface area contributed by atoms with Gasteiger partial charge in [0.2, 0.25) is 5.91 Å². The van der Waals surface area contributed by atoms with Gasteiger partial charge in [0.25, 0.3) is 5.91 Å². The summed E-state index contributed by atoms with van der Waals surface area (Å²) in [5.74, 6) is 0.778. The van der Waals surface area contributed by atoms with Crippen molar-refractivity contribution in [1.29, 1.82) is 0 Å². The Kier molecular flexibility index (Phi) is 5.73. The van der Waals surface area contributed by atoms with Crippen molar-refractivity contribution in [3.63, 3.8) is 0 Å². The highest BCUT2D eigenvalue weighted by atomic mass is 16.5. The van der Waals surface area contributed by atoms with E-state index in [1.807, 2.05) is 53.2 Å². The van der Waals surface area contributed by atoms with Gasteiger partial charge in [0.05, 0.1) is 24.9 Å². The molecule has 0 bridgehead atoms. The minimum atomic E-state index is -0.105. The van der Waals surface area contributed by atoms with Gasteiger partial charge in [-0.05, 0) is 30.5 Å². The first-order valence-electron chi connectivity index (χ1n) is 11.1. The number of aryl methyl sites for hydroxylation is 1. The molecule has 3 heterocycles. The molecule has 164 valence electrons. The molecular weight excluding hydrogens is 404 g/mol. The normalized spacial score (nSPS) is 17.9. The molecular formula is C25H26N4O3. The van der Waals surface area contributed by atoms with Crippen LogP contribution in [-0.2, 0) is 22.6 Å². The average Bonchev–Trinajstić information content (AvgIpc) is 3.50. The summed E-state index contributed by atoms with van der Waals surface area (Å²) in [5.41, 5.74) is 3.46. The van der Waals surface area contributed by atoms with E-state index in [0.717, 1.165) is 42.1 Å². The predicted molar refractivity (Wildman–Crippen MR) is 121 cm³/mol. The maximum Gasteiger partial charge on any atom is 0.251 e. The topological polar surface area (TPSA) is 76.5 Å². The molecule has 1 N–H and O–H groups in total. The fourth-order valence-corrected chi connectivity index (χ4v) is 4.23. The van der Waals surface area contributed by atoms with Crippen molar-refractivity contribution >= 4 is 17.6 Å². The molecule has 0 saturated carbocycles. The summed E-state index contributed by atoms with van der Waals surface area (Å²) >= 11 is 0. The molecule has 0 spiro atoms. The largest absolute Gasteiger partial charge is 0.376 e. The molecule has 1 aromatic heterocycles. The Morgan fingerprint density at radius 1 is 1.12 bits per heavy atom. The van der Waals surface area contributed by atoms with Gasteiger partial charge in [-0.3, -0.25) is 14.5 Å². The first-order chi connectivity index (χ1) is 15.7. The van der Waals surface area contributed by atoms with E-state index in [-0.39, 0.29) is 17.9 Å². The smallest absolute Gasteiger partial charge is 0.251 e. The molecule has 7 nitrogen and oxygen atoms in total. The fourth-order valence-electron chi connectivity index (χ4n) is 4.23. The van der Waals surface area contributed by atoms with Gasteiger partial charge in [-0.1, -0.05) is 42.5 Å². The van der Waals surface area contributed by atoms with E-state index in [1.54, 1.807) is 17.0 Å². The van der Waals surface area contributed by atoms with Crippen LogP contribution in [0.3, 0.4) is 0 Å². The number of fused-ring (bicyclic) bond motifs is 1. The van der Waals surface area contributed by atoms with Crippen LogP contribution in [0.4, 0.5) is 5.82 Å². The summed E-state index contributed by atoms with van der Waals surface area (Å²) in [6.07, 6.45) is 2.59. The number of hydrogen-bond donors (Lipinski definition) is 1. The van der Waals surface area contributed by atoms with Gasteiger partial charge in [0.15, 0.2) is 0 Å². The molecule has 0 unspecified atom stereocenters. The summed E-state index contributed by atoms with van der Waals surface area (Å²) in [5, 5.41) is 7.64. The lowest BCUT2D eigenvalue weighted by atomic mass is 10.1. The number of anilines is 1. The second kappa shape index (κ2) is 8.96. The van der Waals surface area contributed by atoms with Crippen LogP contribution in [0.5, 0.6) is 0 Å². The first-order valence-corrected chi connectivity index (χ1v) is 11.1. The quantitative estimate of drug-likeness (QED) is 0.650. The number of carbonyl (C=O) groups is 2. The standard InChI is InChI=1S/C25H26N4O3/c30-24-12-13-29-23(15-22(27-29)19-5-2-1-3-6-19)28(24)17-18-8-10-20(11-9-18)25(31)26-16-21-7-4-14-32-21/h1-3,5-6,8-11,15,21H,4,7,12-14,16-17H2,(H,26,31)/t21-/m1/s1. The highest BCUT2D eigenvalue weighted by molar-refractivity contribution is 5.95. The number of aromatic nitrogens is 2. The minimum absolute atomic E-state index is 0.0791. The average molecular weight is 431 g/mol. The molecule has 2 aromatic carbocycles. The number of rotatable bonds is 6. The first kappa shape index (κ1) is 20.5. The van der Waals surface area contributed by atoms with E-state index in [2.05, 4.69) is 5.32 Å². The van der Waals surface area contributed by atoms with Crippen molar-refractivity contribution < 1.29 is 14.3 Å². The lowest BCUT2D eigenvalue weighted by Gasteiger charge is -2.27. The number of nitrogens with one attached hydrogen (secondary N) is 1. The van der Waals surface area contributed by atoms with Crippen LogP contribution in [0.25, 0.3) is 11.3 Å². The van der Waals surface area contributed by atoms with Crippen molar-refractivity contribution in [1.82, 2.24) is 15.1 Å². The summed E-state index contributed by atoms with van der Waals surface area (Å²) in [7, 11) is 0. The lowest BCUT2D eigenvalue weighted by Crippen LogP contribution is -2.37. The Hall–Kier alpha value is -3.45. The summed E-state index contributed by atoms with van der Waals surface area (Å²) in [4.78, 5) is 26.9. The molecule has 1 saturated heterocycles. The van der Waals surface area contributed by atoms with E-state index >= 15 is 0 Å². The molecule has 0 radical (unpaired) electrons. The van der Waals surface area contributed by atoms with Gasteiger partial charge < -0.3 is 10.1 Å². The van der Waals surface area contributed by atoms with Gasteiger partial charge >= 0.3 is 0 Å². The minimum Gasteiger partial charge on any atom is -0.376 e. The SMILES string of the molecule is O=C(NC[C@H]1CCCO1)c1ccc(CN2C(=O)CCn3nc(-c4ccccc4)cc32)cc1. The summed E-state index contributed by atoms with van der Waals surface area (Å²) in [6, 6.07) is 19.4. The molecule has 2 aliphatic rings. The van der Waals surface area contributed by atoms with Crippen molar-refractivity contribution in [3.05, 3.63) is 71.8 Å². The Morgan fingerprint density at radius 3 is 2.69 bits per heavy atom. The number of benzene rings is 2. The zero-order valence-corrected chi connectivity index (χ0v) is 17.9. The third-order valence-electron chi connectivity index (χ3n) is 6.01. The third kappa shape index (κ3) is 4.29. The van der Waals surface area contributed by atoms with Crippen molar-refractivity contribution in [2.45, 2.75) is 38.5 Å². The van der Waals surface area contributed by atoms with Crippen LogP contribution < -0.4 is 10.2 Å². The van der Waals surface area contributed by atoms with Crippen LogP contribution in [0.15, 0.2) is 60.7 Å². The third-order valence-corrected chi connectivity index (χ3v) is 6.01. The van der Waals surface area contributed by atoms with Gasteiger partial charge in [0, 0.05) is 36.8 Å². The van der Waals surface area contributed by atoms with Crippen molar-refractivity contribution in [2.75, 3.05) is 18.1 Å². The maximum absolute atomic E-state index is 12.7. The Bertz CT molecular complexity index is 1100. The second-order valence-corrected chi connectivity index (χ2v) is 8.25. The summed E-state index contributed by atoms with van der Waals surface area (Å²) < 4.78 is 7.45. The van der Waals surface area contributed by atoms with E-state index in [9.17, 15) is 9.59 Å². The molecule has 1 fully saturated rings. The molecule has 2 aliphatic heterocycles. The molecule has 0 aliphatic carbocycles. The van der Waals surface area contributed by atoms with Crippen LogP contribution >= 0.6 is 0 Å². The maximum atomic E-state index is 12.7. The number of ether oxygens (including phenoxy) is 1. The van der Waals surface area contributed by atoms with E-state index in [4.69, 9.17) is 9.84 Å². The van der Waals surface area contributed by atoms with Gasteiger partial charge in [-0.15, -0.1) is 0 Å². The molecule has 32 heavy (non-hydrogen) atoms. The number of amides is 2. The van der Waals surface area contributed by atoms with E-state index in [1.165, 1.54) is 0 Å². The van der Waals surface area contributed by atoms with Gasteiger partial charge in [0.1, 0.15) is 5.82 Å². The van der Waals surface area contributed by atoms with E-state index < -0.39 is 0 Å². The highest BCUT2D eigenvalue weighted by Gasteiger charge is 2.26. The second-order valence-electron chi connectivity index (χ2n) is 8.25. The Morgan fingerprint density at radius 2 is 1.94 bits per heavy atom. The van der Waals surface area contributed by atoms with E-state index in [0.29, 0.717) is 31.6 Å². The number of nitrogens with zero attached hydrogens (tertiary/aromatic N) is 3. The molecule has 3 aromatic rings.